The van der Waals surface area contributed by atoms with Crippen LogP contribution in [0, 0.1) is 0 Å². The van der Waals surface area contributed by atoms with Gasteiger partial charge in [0.15, 0.2) is 0 Å². The standard InChI is InChI=1S/C14H31O4P/c1-4-7-10-11-14-18-19(15,16-12-8-5-2)17-13-9-6-3/h4-14H2,1-3H3. The van der Waals surface area contributed by atoms with Crippen molar-refractivity contribution in [3.05, 3.63) is 0 Å². The normalized spacial score (nSPS) is 11.9. The van der Waals surface area contributed by atoms with Crippen LogP contribution < -0.4 is 0 Å². The van der Waals surface area contributed by atoms with Gasteiger partial charge in [-0.1, -0.05) is 52.9 Å². The molecule has 0 amide bonds. The number of hydrogen-bond acceptors (Lipinski definition) is 4. The lowest BCUT2D eigenvalue weighted by atomic mass is 10.2. The van der Waals surface area contributed by atoms with Gasteiger partial charge in [-0.25, -0.2) is 4.57 Å². The Bertz CT molecular complexity index is 219. The lowest BCUT2D eigenvalue weighted by molar-refractivity contribution is 0.109. The van der Waals surface area contributed by atoms with Gasteiger partial charge in [0.2, 0.25) is 0 Å². The topological polar surface area (TPSA) is 44.8 Å². The molecular formula is C14H31O4P. The Morgan fingerprint density at radius 2 is 1.05 bits per heavy atom. The summed E-state index contributed by atoms with van der Waals surface area (Å²) in [5.41, 5.74) is 0. The lowest BCUT2D eigenvalue weighted by Crippen LogP contribution is -2.04. The second kappa shape index (κ2) is 13.1. The van der Waals surface area contributed by atoms with E-state index in [0.717, 1.165) is 38.5 Å². The molecule has 0 aliphatic heterocycles. The summed E-state index contributed by atoms with van der Waals surface area (Å²) < 4.78 is 28.4. The number of rotatable bonds is 14. The highest BCUT2D eigenvalue weighted by molar-refractivity contribution is 7.48. The first-order chi connectivity index (χ1) is 9.18. The second-order valence-corrected chi connectivity index (χ2v) is 6.38. The van der Waals surface area contributed by atoms with Crippen LogP contribution in [0.25, 0.3) is 0 Å². The number of hydrogen-bond donors (Lipinski definition) is 0. The summed E-state index contributed by atoms with van der Waals surface area (Å²) in [6, 6.07) is 0. The Kier molecular flexibility index (Phi) is 13.2. The fourth-order valence-electron chi connectivity index (χ4n) is 1.46. The Balaban J connectivity index is 3.97. The maximum Gasteiger partial charge on any atom is 0.474 e. The zero-order chi connectivity index (χ0) is 14.4. The minimum atomic E-state index is -3.33. The quantitative estimate of drug-likeness (QED) is 0.321. The maximum absolute atomic E-state index is 12.3. The predicted octanol–water partition coefficient (Wildman–Crippen LogP) is 5.32. The first-order valence-electron chi connectivity index (χ1n) is 7.72. The third-order valence-electron chi connectivity index (χ3n) is 2.74. The number of phosphoric ester groups is 1. The van der Waals surface area contributed by atoms with Gasteiger partial charge >= 0.3 is 7.82 Å². The molecule has 0 aromatic rings. The molecule has 0 spiro atoms. The molecule has 5 heteroatoms. The van der Waals surface area contributed by atoms with Crippen LogP contribution in [0.5, 0.6) is 0 Å². The molecule has 0 heterocycles. The van der Waals surface area contributed by atoms with Crippen LogP contribution in [0.3, 0.4) is 0 Å². The minimum Gasteiger partial charge on any atom is -0.287 e. The van der Waals surface area contributed by atoms with Gasteiger partial charge in [0.25, 0.3) is 0 Å². The van der Waals surface area contributed by atoms with Crippen LogP contribution in [0.15, 0.2) is 0 Å². The van der Waals surface area contributed by atoms with Crippen LogP contribution in [0.2, 0.25) is 0 Å². The third kappa shape index (κ3) is 11.6. The molecular weight excluding hydrogens is 263 g/mol. The van der Waals surface area contributed by atoms with Crippen molar-refractivity contribution in [3.63, 3.8) is 0 Å². The maximum atomic E-state index is 12.3. The molecule has 0 N–H and O–H groups in total. The van der Waals surface area contributed by atoms with Crippen molar-refractivity contribution in [1.29, 1.82) is 0 Å². The predicted molar refractivity (Wildman–Crippen MR) is 79.4 cm³/mol. The summed E-state index contributed by atoms with van der Waals surface area (Å²) in [5, 5.41) is 0. The van der Waals surface area contributed by atoms with Crippen molar-refractivity contribution in [1.82, 2.24) is 0 Å². The molecule has 0 bridgehead atoms. The molecule has 0 rings (SSSR count). The summed E-state index contributed by atoms with van der Waals surface area (Å²) in [6.45, 7) is 7.63. The van der Waals surface area contributed by atoms with Crippen molar-refractivity contribution in [2.45, 2.75) is 72.1 Å². The molecule has 0 saturated carbocycles. The van der Waals surface area contributed by atoms with Crippen molar-refractivity contribution >= 4 is 7.82 Å². The monoisotopic (exact) mass is 294 g/mol. The number of unbranched alkanes of at least 4 members (excludes halogenated alkanes) is 5. The molecule has 0 fully saturated rings. The van der Waals surface area contributed by atoms with Gasteiger partial charge in [-0.2, -0.15) is 0 Å². The molecule has 0 aromatic heterocycles. The van der Waals surface area contributed by atoms with Crippen molar-refractivity contribution in [2.24, 2.45) is 0 Å². The van der Waals surface area contributed by atoms with Gasteiger partial charge in [0.1, 0.15) is 0 Å². The summed E-state index contributed by atoms with van der Waals surface area (Å²) >= 11 is 0. The average Bonchev–Trinajstić information content (AvgIpc) is 2.39. The summed E-state index contributed by atoms with van der Waals surface area (Å²) in [7, 11) is -3.33. The fourth-order valence-corrected chi connectivity index (χ4v) is 2.74. The molecule has 19 heavy (non-hydrogen) atoms. The van der Waals surface area contributed by atoms with Gasteiger partial charge in [0, 0.05) is 0 Å². The van der Waals surface area contributed by atoms with Crippen LogP contribution in [0.4, 0.5) is 0 Å². The summed E-state index contributed by atoms with van der Waals surface area (Å²) in [4.78, 5) is 0. The molecule has 0 radical (unpaired) electrons. The Hall–Kier alpha value is 0.110. The van der Waals surface area contributed by atoms with Crippen LogP contribution >= 0.6 is 7.82 Å². The SMILES string of the molecule is CCCCCCOP(=O)(OCCCC)OCCCC. The Morgan fingerprint density at radius 1 is 0.632 bits per heavy atom. The molecule has 0 unspecified atom stereocenters. The van der Waals surface area contributed by atoms with Crippen molar-refractivity contribution in [2.75, 3.05) is 19.8 Å². The zero-order valence-corrected chi connectivity index (χ0v) is 13.8. The molecule has 4 nitrogen and oxygen atoms in total. The van der Waals surface area contributed by atoms with E-state index in [9.17, 15) is 4.57 Å². The first-order valence-corrected chi connectivity index (χ1v) is 9.18. The Labute approximate surface area is 118 Å². The molecule has 0 atom stereocenters. The van der Waals surface area contributed by atoms with E-state index in [2.05, 4.69) is 20.8 Å². The largest absolute Gasteiger partial charge is 0.474 e. The van der Waals surface area contributed by atoms with Crippen molar-refractivity contribution < 1.29 is 18.1 Å². The van der Waals surface area contributed by atoms with E-state index in [-0.39, 0.29) is 0 Å². The van der Waals surface area contributed by atoms with E-state index in [1.54, 1.807) is 0 Å². The van der Waals surface area contributed by atoms with E-state index in [4.69, 9.17) is 13.6 Å². The molecule has 0 aromatic carbocycles. The van der Waals surface area contributed by atoms with Gasteiger partial charge in [0.05, 0.1) is 19.8 Å². The zero-order valence-electron chi connectivity index (χ0n) is 12.9. The van der Waals surface area contributed by atoms with Crippen LogP contribution in [-0.4, -0.2) is 19.8 Å². The molecule has 116 valence electrons. The highest BCUT2D eigenvalue weighted by Gasteiger charge is 2.25. The number of phosphoric acid groups is 1. The fraction of sp³-hybridized carbons (Fsp3) is 1.00. The van der Waals surface area contributed by atoms with E-state index in [1.165, 1.54) is 12.8 Å². The summed E-state index contributed by atoms with van der Waals surface area (Å²) in [5.74, 6) is 0. The third-order valence-corrected chi connectivity index (χ3v) is 4.24. The highest BCUT2D eigenvalue weighted by atomic mass is 31.2. The van der Waals surface area contributed by atoms with Gasteiger partial charge in [-0.15, -0.1) is 0 Å². The minimum absolute atomic E-state index is 0.439. The molecule has 0 aliphatic rings. The van der Waals surface area contributed by atoms with Gasteiger partial charge < -0.3 is 0 Å². The molecule has 0 saturated heterocycles. The smallest absolute Gasteiger partial charge is 0.287 e. The highest BCUT2D eigenvalue weighted by Crippen LogP contribution is 2.49. The van der Waals surface area contributed by atoms with E-state index in [1.807, 2.05) is 0 Å². The van der Waals surface area contributed by atoms with E-state index in [0.29, 0.717) is 19.8 Å². The first kappa shape index (κ1) is 19.1. The van der Waals surface area contributed by atoms with E-state index >= 15 is 0 Å². The van der Waals surface area contributed by atoms with Crippen LogP contribution in [-0.2, 0) is 18.1 Å². The van der Waals surface area contributed by atoms with Gasteiger partial charge in [-0.3, -0.25) is 13.6 Å². The molecule has 0 aliphatic carbocycles. The van der Waals surface area contributed by atoms with E-state index < -0.39 is 7.82 Å². The van der Waals surface area contributed by atoms with Gasteiger partial charge in [-0.05, 0) is 19.3 Å². The second-order valence-electron chi connectivity index (χ2n) is 4.71. The lowest BCUT2D eigenvalue weighted by Gasteiger charge is -2.17. The average molecular weight is 294 g/mol. The van der Waals surface area contributed by atoms with Crippen LogP contribution in [0.1, 0.15) is 72.1 Å². The Morgan fingerprint density at radius 3 is 1.47 bits per heavy atom. The van der Waals surface area contributed by atoms with Crippen molar-refractivity contribution in [3.8, 4) is 0 Å². The summed E-state index contributed by atoms with van der Waals surface area (Å²) in [6.07, 6.45) is 8.13.